The molecule has 4 heteroatoms. The van der Waals surface area contributed by atoms with Crippen molar-refractivity contribution < 1.29 is 4.79 Å². The van der Waals surface area contributed by atoms with E-state index in [1.165, 1.54) is 11.1 Å². The average Bonchev–Trinajstić information content (AvgIpc) is 2.48. The Morgan fingerprint density at radius 3 is 2.10 bits per heavy atom. The van der Waals surface area contributed by atoms with E-state index in [2.05, 4.69) is 12.1 Å². The topological polar surface area (TPSA) is 95.1 Å². The fraction of sp³-hybridized carbons (Fsp3) is 0.235. The van der Waals surface area contributed by atoms with Gasteiger partial charge in [0.15, 0.2) is 0 Å². The van der Waals surface area contributed by atoms with E-state index in [-0.39, 0.29) is 0 Å². The lowest BCUT2D eigenvalue weighted by Gasteiger charge is -2.28. The van der Waals surface area contributed by atoms with Crippen molar-refractivity contribution in [1.29, 1.82) is 0 Å². The molecule has 0 radical (unpaired) electrons. The van der Waals surface area contributed by atoms with Crippen molar-refractivity contribution in [3.05, 3.63) is 71.3 Å². The SMILES string of the molecule is CC(N)(C(N)=O)C(N)c1ccc(Cc2ccccc2)cc1. The van der Waals surface area contributed by atoms with Gasteiger partial charge in [0.2, 0.25) is 5.91 Å². The number of hydrogen-bond donors (Lipinski definition) is 3. The minimum absolute atomic E-state index is 0.608. The van der Waals surface area contributed by atoms with Crippen molar-refractivity contribution >= 4 is 5.91 Å². The Kier molecular flexibility index (Phi) is 4.40. The Labute approximate surface area is 124 Å². The van der Waals surface area contributed by atoms with Crippen molar-refractivity contribution in [3.8, 4) is 0 Å². The Bertz CT molecular complexity index is 606. The second kappa shape index (κ2) is 6.08. The van der Waals surface area contributed by atoms with Gasteiger partial charge < -0.3 is 17.2 Å². The van der Waals surface area contributed by atoms with Gasteiger partial charge in [0.05, 0.1) is 6.04 Å². The van der Waals surface area contributed by atoms with Crippen LogP contribution in [0.3, 0.4) is 0 Å². The highest BCUT2D eigenvalue weighted by atomic mass is 16.1. The number of primary amides is 1. The van der Waals surface area contributed by atoms with E-state index in [0.29, 0.717) is 0 Å². The molecular weight excluding hydrogens is 262 g/mol. The maximum atomic E-state index is 11.4. The van der Waals surface area contributed by atoms with Crippen molar-refractivity contribution in [1.82, 2.24) is 0 Å². The number of benzene rings is 2. The normalized spacial score (nSPS) is 15.2. The summed E-state index contributed by atoms with van der Waals surface area (Å²) < 4.78 is 0. The summed E-state index contributed by atoms with van der Waals surface area (Å²) in [4.78, 5) is 11.4. The zero-order valence-corrected chi connectivity index (χ0v) is 12.1. The van der Waals surface area contributed by atoms with Gasteiger partial charge in [-0.15, -0.1) is 0 Å². The van der Waals surface area contributed by atoms with Crippen LogP contribution in [0, 0.1) is 0 Å². The van der Waals surface area contributed by atoms with Crippen LogP contribution in [0.5, 0.6) is 0 Å². The lowest BCUT2D eigenvalue weighted by atomic mass is 9.87. The van der Waals surface area contributed by atoms with Crippen LogP contribution in [-0.2, 0) is 11.2 Å². The summed E-state index contributed by atoms with van der Waals surface area (Å²) in [6.45, 7) is 1.55. The molecule has 0 aliphatic carbocycles. The van der Waals surface area contributed by atoms with Crippen LogP contribution in [0.1, 0.15) is 29.7 Å². The standard InChI is InChI=1S/C17H21N3O/c1-17(20,16(19)21)15(18)14-9-7-13(8-10-14)11-12-5-3-2-4-6-12/h2-10,15H,11,18,20H2,1H3,(H2,19,21). The van der Waals surface area contributed by atoms with Gasteiger partial charge in [0, 0.05) is 0 Å². The third kappa shape index (κ3) is 3.48. The molecule has 4 nitrogen and oxygen atoms in total. The third-order valence-corrected chi connectivity index (χ3v) is 3.77. The monoisotopic (exact) mass is 283 g/mol. The van der Waals surface area contributed by atoms with E-state index in [4.69, 9.17) is 17.2 Å². The first kappa shape index (κ1) is 15.2. The van der Waals surface area contributed by atoms with E-state index in [1.807, 2.05) is 42.5 Å². The minimum Gasteiger partial charge on any atom is -0.368 e. The molecule has 2 unspecified atom stereocenters. The second-order valence-corrected chi connectivity index (χ2v) is 5.53. The molecule has 0 heterocycles. The van der Waals surface area contributed by atoms with Gasteiger partial charge in [0.25, 0.3) is 0 Å². The minimum atomic E-state index is -1.26. The number of rotatable bonds is 5. The van der Waals surface area contributed by atoms with Crippen LogP contribution in [-0.4, -0.2) is 11.4 Å². The number of carbonyl (C=O) groups is 1. The predicted molar refractivity (Wildman–Crippen MR) is 84.4 cm³/mol. The first-order chi connectivity index (χ1) is 9.91. The van der Waals surface area contributed by atoms with Crippen LogP contribution in [0.15, 0.2) is 54.6 Å². The Balaban J connectivity index is 2.14. The highest BCUT2D eigenvalue weighted by molar-refractivity contribution is 5.85. The molecule has 0 fully saturated rings. The highest BCUT2D eigenvalue weighted by Gasteiger charge is 2.34. The van der Waals surface area contributed by atoms with Crippen LogP contribution in [0.25, 0.3) is 0 Å². The summed E-state index contributed by atoms with van der Waals surface area (Å²) >= 11 is 0. The predicted octanol–water partition coefficient (Wildman–Crippen LogP) is 1.48. The largest absolute Gasteiger partial charge is 0.368 e. The van der Waals surface area contributed by atoms with Crippen LogP contribution >= 0.6 is 0 Å². The molecule has 2 atom stereocenters. The lowest BCUT2D eigenvalue weighted by Crippen LogP contribution is -2.56. The average molecular weight is 283 g/mol. The maximum Gasteiger partial charge on any atom is 0.239 e. The molecule has 2 rings (SSSR count). The molecule has 2 aromatic carbocycles. The zero-order valence-electron chi connectivity index (χ0n) is 12.1. The zero-order chi connectivity index (χ0) is 15.5. The highest BCUT2D eigenvalue weighted by Crippen LogP contribution is 2.22. The van der Waals surface area contributed by atoms with Gasteiger partial charge in [-0.3, -0.25) is 4.79 Å². The summed E-state index contributed by atoms with van der Waals surface area (Å²) in [6, 6.07) is 17.4. The number of nitrogens with two attached hydrogens (primary N) is 3. The quantitative estimate of drug-likeness (QED) is 0.775. The maximum absolute atomic E-state index is 11.4. The number of hydrogen-bond acceptors (Lipinski definition) is 3. The summed E-state index contributed by atoms with van der Waals surface area (Å²) in [5.74, 6) is -0.608. The first-order valence-corrected chi connectivity index (χ1v) is 6.88. The smallest absolute Gasteiger partial charge is 0.239 e. The summed E-state index contributed by atoms with van der Waals surface area (Å²) in [5, 5.41) is 0. The fourth-order valence-electron chi connectivity index (χ4n) is 2.17. The van der Waals surface area contributed by atoms with Crippen molar-refractivity contribution in [2.45, 2.75) is 24.9 Å². The molecule has 0 aliphatic rings. The molecule has 2 aromatic rings. The van der Waals surface area contributed by atoms with Gasteiger partial charge >= 0.3 is 0 Å². The number of carbonyl (C=O) groups excluding carboxylic acids is 1. The van der Waals surface area contributed by atoms with Gasteiger partial charge in [0.1, 0.15) is 5.54 Å². The molecule has 0 aromatic heterocycles. The van der Waals surface area contributed by atoms with E-state index in [1.54, 1.807) is 6.92 Å². The van der Waals surface area contributed by atoms with Crippen molar-refractivity contribution in [2.75, 3.05) is 0 Å². The summed E-state index contributed by atoms with van der Waals surface area (Å²) in [7, 11) is 0. The van der Waals surface area contributed by atoms with Crippen LogP contribution in [0.4, 0.5) is 0 Å². The lowest BCUT2D eigenvalue weighted by molar-refractivity contribution is -0.123. The van der Waals surface area contributed by atoms with Gasteiger partial charge in [-0.1, -0.05) is 54.6 Å². The van der Waals surface area contributed by atoms with Crippen molar-refractivity contribution in [2.24, 2.45) is 17.2 Å². The van der Waals surface area contributed by atoms with Gasteiger partial charge in [-0.2, -0.15) is 0 Å². The second-order valence-electron chi connectivity index (χ2n) is 5.53. The molecule has 0 saturated heterocycles. The summed E-state index contributed by atoms with van der Waals surface area (Å²) in [6.07, 6.45) is 0.853. The van der Waals surface area contributed by atoms with E-state index >= 15 is 0 Å². The molecular formula is C17H21N3O. The van der Waals surface area contributed by atoms with E-state index < -0.39 is 17.5 Å². The molecule has 0 spiro atoms. The molecule has 110 valence electrons. The fourth-order valence-corrected chi connectivity index (χ4v) is 2.17. The van der Waals surface area contributed by atoms with E-state index in [9.17, 15) is 4.79 Å². The Hall–Kier alpha value is -2.17. The first-order valence-electron chi connectivity index (χ1n) is 6.88. The molecule has 21 heavy (non-hydrogen) atoms. The van der Waals surface area contributed by atoms with Gasteiger partial charge in [-0.25, -0.2) is 0 Å². The summed E-state index contributed by atoms with van der Waals surface area (Å²) in [5.41, 5.74) is 19.2. The van der Waals surface area contributed by atoms with Crippen LogP contribution < -0.4 is 17.2 Å². The van der Waals surface area contributed by atoms with Gasteiger partial charge in [-0.05, 0) is 30.0 Å². The molecule has 0 saturated carbocycles. The molecule has 0 bridgehead atoms. The van der Waals surface area contributed by atoms with E-state index in [0.717, 1.165) is 12.0 Å². The Morgan fingerprint density at radius 2 is 1.57 bits per heavy atom. The van der Waals surface area contributed by atoms with Crippen molar-refractivity contribution in [3.63, 3.8) is 0 Å². The van der Waals surface area contributed by atoms with Crippen LogP contribution in [0.2, 0.25) is 0 Å². The number of amides is 1. The molecule has 0 aliphatic heterocycles. The Morgan fingerprint density at radius 1 is 1.05 bits per heavy atom. The molecule has 6 N–H and O–H groups in total. The third-order valence-electron chi connectivity index (χ3n) is 3.77. The molecule has 1 amide bonds.